The van der Waals surface area contributed by atoms with Crippen molar-refractivity contribution in [2.45, 2.75) is 130 Å². The van der Waals surface area contributed by atoms with Crippen LogP contribution in [0.2, 0.25) is 0 Å². The highest BCUT2D eigenvalue weighted by Crippen LogP contribution is 2.73. The van der Waals surface area contributed by atoms with Gasteiger partial charge in [0, 0.05) is 11.8 Å². The van der Waals surface area contributed by atoms with Crippen molar-refractivity contribution in [3.8, 4) is 0 Å². The first-order chi connectivity index (χ1) is 16.4. The normalized spacial score (nSPS) is 52.9. The average molecular weight is 491 g/mol. The van der Waals surface area contributed by atoms with Gasteiger partial charge in [0.25, 0.3) is 0 Å². The van der Waals surface area contributed by atoms with E-state index < -0.39 is 6.10 Å². The van der Waals surface area contributed by atoms with Crippen LogP contribution in [0.25, 0.3) is 0 Å². The van der Waals surface area contributed by atoms with Gasteiger partial charge in [-0.2, -0.15) is 0 Å². The first kappa shape index (κ1) is 26.0. The maximum atomic E-state index is 12.1. The molecule has 5 aliphatic rings. The number of hydrogen-bond donors (Lipinski definition) is 2. The van der Waals surface area contributed by atoms with Gasteiger partial charge in [-0.05, 0) is 97.7 Å². The number of rotatable bonds is 3. The van der Waals surface area contributed by atoms with Crippen molar-refractivity contribution < 1.29 is 24.5 Å². The predicted molar refractivity (Wildman–Crippen MR) is 136 cm³/mol. The third-order valence-electron chi connectivity index (χ3n) is 12.8. The van der Waals surface area contributed by atoms with E-state index in [1.54, 1.807) is 0 Å². The van der Waals surface area contributed by atoms with Crippen molar-refractivity contribution in [2.75, 3.05) is 7.11 Å². The van der Waals surface area contributed by atoms with Gasteiger partial charge in [-0.25, -0.2) is 0 Å². The molecule has 4 aliphatic carbocycles. The van der Waals surface area contributed by atoms with Crippen LogP contribution in [0.4, 0.5) is 0 Å². The summed E-state index contributed by atoms with van der Waals surface area (Å²) in [5.41, 5.74) is 0.150. The average Bonchev–Trinajstić information content (AvgIpc) is 2.98. The van der Waals surface area contributed by atoms with Gasteiger partial charge in [-0.15, -0.1) is 0 Å². The lowest BCUT2D eigenvalue weighted by Crippen LogP contribution is -2.58. The van der Waals surface area contributed by atoms with Crippen LogP contribution in [-0.4, -0.2) is 47.7 Å². The summed E-state index contributed by atoms with van der Waals surface area (Å²) < 4.78 is 11.6. The molecule has 35 heavy (non-hydrogen) atoms. The number of fused-ring (bicyclic) bond motifs is 5. The van der Waals surface area contributed by atoms with E-state index in [1.807, 2.05) is 0 Å². The molecule has 0 aromatic heterocycles. The van der Waals surface area contributed by atoms with E-state index >= 15 is 0 Å². The third kappa shape index (κ3) is 3.61. The lowest BCUT2D eigenvalue weighted by atomic mass is 9.41. The predicted octanol–water partition coefficient (Wildman–Crippen LogP) is 5.50. The van der Waals surface area contributed by atoms with Crippen LogP contribution in [0.5, 0.6) is 0 Å². The highest BCUT2D eigenvalue weighted by molar-refractivity contribution is 5.69. The van der Waals surface area contributed by atoms with Crippen LogP contribution in [0.3, 0.4) is 0 Å². The van der Waals surface area contributed by atoms with Crippen LogP contribution in [0, 0.1) is 45.3 Å². The molecular weight excluding hydrogens is 440 g/mol. The first-order valence-corrected chi connectivity index (χ1v) is 14.5. The number of methoxy groups -OCH3 is 1. The summed E-state index contributed by atoms with van der Waals surface area (Å²) in [5.74, 6) is 1.69. The quantitative estimate of drug-likeness (QED) is 0.511. The van der Waals surface area contributed by atoms with E-state index in [9.17, 15) is 15.0 Å². The van der Waals surface area contributed by atoms with Gasteiger partial charge in [-0.3, -0.25) is 4.79 Å². The number of hydrogen-bond acceptors (Lipinski definition) is 5. The molecule has 5 nitrogen and oxygen atoms in total. The summed E-state index contributed by atoms with van der Waals surface area (Å²) in [6.45, 7) is 11.8. The fourth-order valence-corrected chi connectivity index (χ4v) is 10.9. The molecule has 11 atom stereocenters. The van der Waals surface area contributed by atoms with Gasteiger partial charge in [-0.1, -0.05) is 41.0 Å². The van der Waals surface area contributed by atoms with Gasteiger partial charge < -0.3 is 19.7 Å². The smallest absolute Gasteiger partial charge is 0.305 e. The number of aliphatic hydroxyl groups excluding tert-OH is 2. The van der Waals surface area contributed by atoms with Gasteiger partial charge in [0.2, 0.25) is 0 Å². The fourth-order valence-electron chi connectivity index (χ4n) is 10.9. The third-order valence-corrected chi connectivity index (χ3v) is 12.8. The van der Waals surface area contributed by atoms with Crippen molar-refractivity contribution in [3.05, 3.63) is 0 Å². The fraction of sp³-hybridized carbons (Fsp3) is 0.967. The molecule has 2 bridgehead atoms. The molecule has 2 N–H and O–H groups in total. The molecule has 1 aliphatic heterocycles. The molecule has 0 radical (unpaired) electrons. The van der Waals surface area contributed by atoms with E-state index in [2.05, 4.69) is 34.6 Å². The number of esters is 1. The van der Waals surface area contributed by atoms with Crippen LogP contribution >= 0.6 is 0 Å². The molecule has 11 unspecified atom stereocenters. The SMILES string of the molecule is COC(=O)CCC1CC(C)C2C(O1)C(O)C1(C)C3CCC4C(CCCC21C)(CCC(O)C4(C)C)C3. The molecule has 0 aromatic carbocycles. The van der Waals surface area contributed by atoms with Gasteiger partial charge in [0.1, 0.15) is 0 Å². The monoisotopic (exact) mass is 490 g/mol. The summed E-state index contributed by atoms with van der Waals surface area (Å²) in [6.07, 6.45) is 10.4. The number of aliphatic hydroxyl groups is 2. The van der Waals surface area contributed by atoms with Crippen molar-refractivity contribution in [3.63, 3.8) is 0 Å². The van der Waals surface area contributed by atoms with Gasteiger partial charge in [0.05, 0.1) is 31.5 Å². The Morgan fingerprint density at radius 3 is 2.51 bits per heavy atom. The Bertz CT molecular complexity index is 826. The summed E-state index contributed by atoms with van der Waals surface area (Å²) in [4.78, 5) is 11.8. The largest absolute Gasteiger partial charge is 0.469 e. The van der Waals surface area contributed by atoms with Crippen molar-refractivity contribution in [2.24, 2.45) is 45.3 Å². The second kappa shape index (κ2) is 8.70. The standard InChI is InChI=1S/C30H50O5/c1-18-16-20(9-11-23(32)34-6)35-25-24(18)28(4)13-7-14-30-15-12-22(31)27(2,3)21(30)10-8-19(17-30)29(28,5)26(25)33/h18-22,24-26,31,33H,7-17H2,1-6H3. The van der Waals surface area contributed by atoms with E-state index in [-0.39, 0.29) is 40.5 Å². The zero-order valence-corrected chi connectivity index (χ0v) is 23.0. The lowest BCUT2D eigenvalue weighted by Gasteiger charge is -2.64. The molecule has 1 heterocycles. The van der Waals surface area contributed by atoms with E-state index in [4.69, 9.17) is 9.47 Å². The second-order valence-electron chi connectivity index (χ2n) is 14.3. The Hall–Kier alpha value is -0.650. The molecule has 0 aromatic rings. The van der Waals surface area contributed by atoms with E-state index in [0.29, 0.717) is 41.9 Å². The number of carbonyl (C=O) groups excluding carboxylic acids is 1. The highest BCUT2D eigenvalue weighted by Gasteiger charge is 2.71. The van der Waals surface area contributed by atoms with Crippen molar-refractivity contribution in [1.29, 1.82) is 0 Å². The zero-order chi connectivity index (χ0) is 25.4. The van der Waals surface area contributed by atoms with Crippen LogP contribution < -0.4 is 0 Å². The molecule has 5 heteroatoms. The minimum atomic E-state index is -0.472. The molecule has 0 amide bonds. The van der Waals surface area contributed by atoms with E-state index in [1.165, 1.54) is 32.8 Å². The topological polar surface area (TPSA) is 76.0 Å². The summed E-state index contributed by atoms with van der Waals surface area (Å²) in [7, 11) is 1.44. The molecule has 200 valence electrons. The highest BCUT2D eigenvalue weighted by atomic mass is 16.5. The molecule has 5 rings (SSSR count). The lowest BCUT2D eigenvalue weighted by molar-refractivity contribution is -0.179. The molecular formula is C30H50O5. The summed E-state index contributed by atoms with van der Waals surface area (Å²) >= 11 is 0. The molecule has 1 saturated heterocycles. The Balaban J connectivity index is 1.45. The van der Waals surface area contributed by atoms with Crippen LogP contribution in [-0.2, 0) is 14.3 Å². The van der Waals surface area contributed by atoms with Gasteiger partial charge >= 0.3 is 5.97 Å². The Morgan fingerprint density at radius 2 is 1.80 bits per heavy atom. The summed E-state index contributed by atoms with van der Waals surface area (Å²) in [5, 5.41) is 23.0. The Morgan fingerprint density at radius 1 is 1.06 bits per heavy atom. The molecule has 4 saturated carbocycles. The first-order valence-electron chi connectivity index (χ1n) is 14.5. The van der Waals surface area contributed by atoms with Crippen molar-refractivity contribution >= 4 is 5.97 Å². The molecule has 1 spiro atoms. The molecule has 5 fully saturated rings. The Labute approximate surface area is 212 Å². The zero-order valence-electron chi connectivity index (χ0n) is 23.0. The minimum absolute atomic E-state index is 0.0134. The van der Waals surface area contributed by atoms with Crippen molar-refractivity contribution in [1.82, 2.24) is 0 Å². The van der Waals surface area contributed by atoms with Gasteiger partial charge in [0.15, 0.2) is 0 Å². The number of ether oxygens (including phenoxy) is 2. The van der Waals surface area contributed by atoms with Crippen LogP contribution in [0.1, 0.15) is 105 Å². The van der Waals surface area contributed by atoms with E-state index in [0.717, 1.165) is 32.1 Å². The van der Waals surface area contributed by atoms with Crippen LogP contribution in [0.15, 0.2) is 0 Å². The maximum absolute atomic E-state index is 12.1. The summed E-state index contributed by atoms with van der Waals surface area (Å²) in [6, 6.07) is 0. The second-order valence-corrected chi connectivity index (χ2v) is 14.3. The minimum Gasteiger partial charge on any atom is -0.469 e. The maximum Gasteiger partial charge on any atom is 0.305 e. The Kier molecular flexibility index (Phi) is 6.45. The number of carbonyl (C=O) groups is 1.